The summed E-state index contributed by atoms with van der Waals surface area (Å²) < 4.78 is 0. The molecule has 1 aromatic heterocycles. The molecule has 2 aromatic rings. The molecular formula is C16H19NO2S. The zero-order valence-corrected chi connectivity index (χ0v) is 12.5. The lowest BCUT2D eigenvalue weighted by atomic mass is 10.0. The van der Waals surface area contributed by atoms with Gasteiger partial charge in [-0.05, 0) is 35.7 Å². The molecule has 0 fully saturated rings. The average Bonchev–Trinajstić information content (AvgIpc) is 2.83. The summed E-state index contributed by atoms with van der Waals surface area (Å²) >= 11 is 1.55. The lowest BCUT2D eigenvalue weighted by Crippen LogP contribution is -1.98. The third-order valence-electron chi connectivity index (χ3n) is 3.09. The van der Waals surface area contributed by atoms with E-state index in [1.807, 2.05) is 12.1 Å². The molecule has 0 radical (unpaired) electrons. The van der Waals surface area contributed by atoms with E-state index in [4.69, 9.17) is 5.11 Å². The first-order valence-electron chi connectivity index (χ1n) is 6.68. The summed E-state index contributed by atoms with van der Waals surface area (Å²) in [5, 5.41) is 12.1. The Kier molecular flexibility index (Phi) is 4.79. The van der Waals surface area contributed by atoms with Crippen LogP contribution in [0, 0.1) is 0 Å². The number of carboxylic acid groups (broad SMARTS) is 1. The number of hydrogen-bond acceptors (Lipinski definition) is 3. The van der Waals surface area contributed by atoms with Gasteiger partial charge in [0.25, 0.3) is 0 Å². The van der Waals surface area contributed by atoms with E-state index in [-0.39, 0.29) is 6.42 Å². The van der Waals surface area contributed by atoms with Crippen molar-refractivity contribution in [2.24, 2.45) is 0 Å². The number of aliphatic carboxylic acids is 1. The van der Waals surface area contributed by atoms with Crippen LogP contribution in [0.2, 0.25) is 0 Å². The van der Waals surface area contributed by atoms with Crippen molar-refractivity contribution in [1.82, 2.24) is 0 Å². The molecule has 0 aliphatic carbocycles. The van der Waals surface area contributed by atoms with Gasteiger partial charge in [0.15, 0.2) is 0 Å². The van der Waals surface area contributed by atoms with Gasteiger partial charge in [-0.2, -0.15) is 0 Å². The van der Waals surface area contributed by atoms with Crippen LogP contribution >= 0.6 is 11.3 Å². The lowest BCUT2D eigenvalue weighted by molar-refractivity contribution is -0.136. The Hall–Kier alpha value is -1.81. The molecule has 0 saturated carbocycles. The molecule has 0 unspecified atom stereocenters. The molecule has 4 heteroatoms. The fourth-order valence-electron chi connectivity index (χ4n) is 1.94. The van der Waals surface area contributed by atoms with Crippen molar-refractivity contribution in [1.29, 1.82) is 0 Å². The predicted molar refractivity (Wildman–Crippen MR) is 83.5 cm³/mol. The van der Waals surface area contributed by atoms with Crippen LogP contribution in [0.15, 0.2) is 36.4 Å². The Bertz CT molecular complexity index is 572. The maximum atomic E-state index is 10.6. The predicted octanol–water partition coefficient (Wildman–Crippen LogP) is 4.11. The van der Waals surface area contributed by atoms with Gasteiger partial charge < -0.3 is 10.4 Å². The van der Waals surface area contributed by atoms with E-state index < -0.39 is 5.97 Å². The molecule has 0 atom stereocenters. The fraction of sp³-hybridized carbons (Fsp3) is 0.312. The number of benzene rings is 1. The van der Waals surface area contributed by atoms with E-state index in [1.54, 1.807) is 11.3 Å². The molecule has 1 heterocycles. The van der Waals surface area contributed by atoms with Gasteiger partial charge in [0.05, 0.1) is 6.42 Å². The first-order chi connectivity index (χ1) is 9.54. The molecule has 0 spiro atoms. The second-order valence-corrected chi connectivity index (χ2v) is 6.32. The highest BCUT2D eigenvalue weighted by atomic mass is 32.1. The number of hydrogen-bond donors (Lipinski definition) is 2. The Balaban J connectivity index is 1.91. The van der Waals surface area contributed by atoms with Crippen molar-refractivity contribution < 1.29 is 9.90 Å². The maximum Gasteiger partial charge on any atom is 0.308 e. The number of carboxylic acids is 1. The third kappa shape index (κ3) is 4.10. The van der Waals surface area contributed by atoms with Crippen molar-refractivity contribution >= 4 is 23.0 Å². The molecule has 2 rings (SSSR count). The van der Waals surface area contributed by atoms with E-state index in [1.165, 1.54) is 5.56 Å². The van der Waals surface area contributed by atoms with Gasteiger partial charge in [-0.3, -0.25) is 4.79 Å². The van der Waals surface area contributed by atoms with Crippen LogP contribution < -0.4 is 5.32 Å². The number of nitrogens with one attached hydrogen (secondary N) is 1. The lowest BCUT2D eigenvalue weighted by Gasteiger charge is -2.08. The van der Waals surface area contributed by atoms with Gasteiger partial charge in [-0.25, -0.2) is 0 Å². The summed E-state index contributed by atoms with van der Waals surface area (Å²) in [6, 6.07) is 12.3. The van der Waals surface area contributed by atoms with Gasteiger partial charge in [0.2, 0.25) is 0 Å². The SMILES string of the molecule is CC(C)c1ccc(NCc2ccc(CC(=O)O)s2)cc1. The van der Waals surface area contributed by atoms with Crippen LogP contribution in [0.4, 0.5) is 5.69 Å². The summed E-state index contributed by atoms with van der Waals surface area (Å²) in [4.78, 5) is 12.7. The molecule has 0 bridgehead atoms. The van der Waals surface area contributed by atoms with Gasteiger partial charge in [0.1, 0.15) is 0 Å². The maximum absolute atomic E-state index is 10.6. The summed E-state index contributed by atoms with van der Waals surface area (Å²) in [6.45, 7) is 5.08. The summed E-state index contributed by atoms with van der Waals surface area (Å²) in [7, 11) is 0. The van der Waals surface area contributed by atoms with Crippen LogP contribution in [-0.4, -0.2) is 11.1 Å². The van der Waals surface area contributed by atoms with Crippen LogP contribution in [0.5, 0.6) is 0 Å². The molecule has 0 amide bonds. The van der Waals surface area contributed by atoms with Gasteiger partial charge >= 0.3 is 5.97 Å². The first-order valence-corrected chi connectivity index (χ1v) is 7.49. The van der Waals surface area contributed by atoms with Crippen molar-refractivity contribution in [2.45, 2.75) is 32.7 Å². The zero-order chi connectivity index (χ0) is 14.5. The molecule has 0 saturated heterocycles. The van der Waals surface area contributed by atoms with Crippen LogP contribution in [-0.2, 0) is 17.8 Å². The van der Waals surface area contributed by atoms with Crippen LogP contribution in [0.3, 0.4) is 0 Å². The highest BCUT2D eigenvalue weighted by Gasteiger charge is 2.05. The summed E-state index contributed by atoms with van der Waals surface area (Å²) in [5.41, 5.74) is 2.41. The molecule has 106 valence electrons. The minimum absolute atomic E-state index is 0.105. The molecule has 20 heavy (non-hydrogen) atoms. The first kappa shape index (κ1) is 14.6. The topological polar surface area (TPSA) is 49.3 Å². The highest BCUT2D eigenvalue weighted by Crippen LogP contribution is 2.20. The number of thiophene rings is 1. The smallest absolute Gasteiger partial charge is 0.308 e. The van der Waals surface area contributed by atoms with Crippen LogP contribution in [0.25, 0.3) is 0 Å². The van der Waals surface area contributed by atoms with Gasteiger partial charge in [-0.1, -0.05) is 26.0 Å². The molecular weight excluding hydrogens is 270 g/mol. The van der Waals surface area contributed by atoms with E-state index in [2.05, 4.69) is 43.4 Å². The molecule has 2 N–H and O–H groups in total. The fourth-order valence-corrected chi connectivity index (χ4v) is 2.89. The number of anilines is 1. The Morgan fingerprint density at radius 1 is 1.15 bits per heavy atom. The standard InChI is InChI=1S/C16H19NO2S/c1-11(2)12-3-5-13(6-4-12)17-10-15-8-7-14(20-15)9-16(18)19/h3-8,11,17H,9-10H2,1-2H3,(H,18,19). The van der Waals surface area contributed by atoms with Crippen LogP contribution in [0.1, 0.15) is 35.1 Å². The normalized spacial score (nSPS) is 10.8. The Morgan fingerprint density at radius 2 is 1.80 bits per heavy atom. The second kappa shape index (κ2) is 6.57. The highest BCUT2D eigenvalue weighted by molar-refractivity contribution is 7.12. The zero-order valence-electron chi connectivity index (χ0n) is 11.7. The largest absolute Gasteiger partial charge is 0.481 e. The Morgan fingerprint density at radius 3 is 2.40 bits per heavy atom. The van der Waals surface area contributed by atoms with Gasteiger partial charge in [-0.15, -0.1) is 11.3 Å². The van der Waals surface area contributed by atoms with E-state index in [9.17, 15) is 4.79 Å². The van der Waals surface area contributed by atoms with Crippen molar-refractivity contribution in [3.05, 3.63) is 51.7 Å². The molecule has 3 nitrogen and oxygen atoms in total. The minimum atomic E-state index is -0.782. The second-order valence-electron chi connectivity index (χ2n) is 5.07. The summed E-state index contributed by atoms with van der Waals surface area (Å²) in [6.07, 6.45) is 0.105. The minimum Gasteiger partial charge on any atom is -0.481 e. The van der Waals surface area contributed by atoms with Crippen molar-refractivity contribution in [3.63, 3.8) is 0 Å². The monoisotopic (exact) mass is 289 g/mol. The quantitative estimate of drug-likeness (QED) is 0.841. The van der Waals surface area contributed by atoms with Crippen molar-refractivity contribution in [2.75, 3.05) is 5.32 Å². The number of rotatable bonds is 6. The van der Waals surface area contributed by atoms with Crippen molar-refractivity contribution in [3.8, 4) is 0 Å². The van der Waals surface area contributed by atoms with Gasteiger partial charge in [0, 0.05) is 22.0 Å². The van der Waals surface area contributed by atoms with E-state index in [0.29, 0.717) is 5.92 Å². The average molecular weight is 289 g/mol. The molecule has 1 aromatic carbocycles. The van der Waals surface area contributed by atoms with E-state index in [0.717, 1.165) is 22.0 Å². The number of carbonyl (C=O) groups is 1. The van der Waals surface area contributed by atoms with E-state index >= 15 is 0 Å². The molecule has 0 aliphatic rings. The summed E-state index contributed by atoms with van der Waals surface area (Å²) in [5.74, 6) is -0.240. The Labute approximate surface area is 123 Å². The third-order valence-corrected chi connectivity index (χ3v) is 4.17. The molecule has 0 aliphatic heterocycles.